The van der Waals surface area contributed by atoms with Crippen molar-refractivity contribution in [2.24, 2.45) is 0 Å². The molecule has 2 amide bonds. The maximum atomic E-state index is 12.8. The highest BCUT2D eigenvalue weighted by Crippen LogP contribution is 2.31. The number of amides is 2. The van der Waals surface area contributed by atoms with Crippen LogP contribution in [0, 0.1) is 0 Å². The molecule has 29 heavy (non-hydrogen) atoms. The van der Waals surface area contributed by atoms with E-state index in [2.05, 4.69) is 25.0 Å². The Morgan fingerprint density at radius 3 is 2.21 bits per heavy atom. The molecule has 4 rings (SSSR count). The van der Waals surface area contributed by atoms with Crippen LogP contribution in [0.25, 0.3) is 10.9 Å². The fourth-order valence-corrected chi connectivity index (χ4v) is 4.02. The van der Waals surface area contributed by atoms with E-state index < -0.39 is 6.04 Å². The molecule has 0 radical (unpaired) electrons. The molecule has 0 saturated carbocycles. The Hall–Kier alpha value is -3.18. The Bertz CT molecular complexity index is 1090. The van der Waals surface area contributed by atoms with E-state index in [9.17, 15) is 14.7 Å². The number of carbonyl (C=O) groups is 2. The summed E-state index contributed by atoms with van der Waals surface area (Å²) in [6, 6.07) is 14.2. The highest BCUT2D eigenvalue weighted by atomic mass is 16.3. The summed E-state index contributed by atoms with van der Waals surface area (Å²) in [5, 5.41) is 11.1. The predicted molar refractivity (Wildman–Crippen MR) is 113 cm³/mol. The topological polar surface area (TPSA) is 62.5 Å². The zero-order valence-electron chi connectivity index (χ0n) is 16.6. The van der Waals surface area contributed by atoms with E-state index in [1.807, 2.05) is 36.5 Å². The zero-order valence-corrected chi connectivity index (χ0v) is 16.6. The average molecular weight is 388 g/mol. The molecule has 1 N–H and O–H groups in total. The monoisotopic (exact) mass is 388 g/mol. The number of hydrogen-bond donors (Lipinski definition) is 1. The number of hydrogen-bond acceptors (Lipinski definition) is 3. The van der Waals surface area contributed by atoms with Crippen LogP contribution in [0.5, 0.6) is 0 Å². The van der Waals surface area contributed by atoms with Gasteiger partial charge in [0.2, 0.25) is 0 Å². The van der Waals surface area contributed by atoms with Crippen molar-refractivity contribution in [2.45, 2.75) is 31.8 Å². The van der Waals surface area contributed by atoms with E-state index in [-0.39, 0.29) is 24.0 Å². The van der Waals surface area contributed by atoms with Crippen LogP contribution in [0.1, 0.15) is 40.1 Å². The molecular formula is C24H24N2O3. The number of para-hydroxylation sites is 1. The van der Waals surface area contributed by atoms with Gasteiger partial charge in [0.1, 0.15) is 0 Å². The van der Waals surface area contributed by atoms with Crippen LogP contribution in [0.2, 0.25) is 0 Å². The molecule has 0 spiro atoms. The summed E-state index contributed by atoms with van der Waals surface area (Å²) in [7, 11) is 0. The van der Waals surface area contributed by atoms with Crippen LogP contribution in [-0.2, 0) is 12.0 Å². The summed E-state index contributed by atoms with van der Waals surface area (Å²) in [5.41, 5.74) is 2.51. The number of rotatable bonds is 6. The van der Waals surface area contributed by atoms with E-state index in [1.165, 1.54) is 4.90 Å². The van der Waals surface area contributed by atoms with Gasteiger partial charge in [0, 0.05) is 17.1 Å². The van der Waals surface area contributed by atoms with Gasteiger partial charge in [0.05, 0.1) is 29.3 Å². The number of nitrogens with zero attached hydrogens (tertiary/aromatic N) is 2. The van der Waals surface area contributed by atoms with Crippen molar-refractivity contribution in [3.05, 3.63) is 84.1 Å². The standard InChI is InChI=1S/C24H24N2O3/c1-4-24(2,3)25-14-16(18-9-7-8-12-21(18)25)13-17(15-27)26-22(28)19-10-5-6-11-20(19)23(26)29/h4-12,14,17,27H,1,13,15H2,2-3H3/t17-/m0/s1. The van der Waals surface area contributed by atoms with Gasteiger partial charge in [0.15, 0.2) is 0 Å². The molecule has 0 saturated heterocycles. The van der Waals surface area contributed by atoms with Gasteiger partial charge in [-0.25, -0.2) is 0 Å². The van der Waals surface area contributed by atoms with Crippen molar-refractivity contribution < 1.29 is 14.7 Å². The van der Waals surface area contributed by atoms with Crippen molar-refractivity contribution >= 4 is 22.7 Å². The maximum absolute atomic E-state index is 12.8. The van der Waals surface area contributed by atoms with Crippen LogP contribution in [0.3, 0.4) is 0 Å². The molecule has 1 aromatic heterocycles. The summed E-state index contributed by atoms with van der Waals surface area (Å²) in [6.07, 6.45) is 4.30. The Labute approximate surface area is 169 Å². The summed E-state index contributed by atoms with van der Waals surface area (Å²) >= 11 is 0. The molecule has 5 nitrogen and oxygen atoms in total. The summed E-state index contributed by atoms with van der Waals surface area (Å²) in [6.45, 7) is 7.80. The first-order chi connectivity index (χ1) is 13.9. The van der Waals surface area contributed by atoms with Gasteiger partial charge < -0.3 is 9.67 Å². The normalized spacial score (nSPS) is 15.1. The van der Waals surface area contributed by atoms with Gasteiger partial charge in [0.25, 0.3) is 11.8 Å². The lowest BCUT2D eigenvalue weighted by Gasteiger charge is -2.25. The third kappa shape index (κ3) is 2.98. The van der Waals surface area contributed by atoms with Gasteiger partial charge in [-0.15, -0.1) is 6.58 Å². The highest BCUT2D eigenvalue weighted by Gasteiger charge is 2.39. The Balaban J connectivity index is 1.74. The van der Waals surface area contributed by atoms with Gasteiger partial charge in [-0.2, -0.15) is 0 Å². The summed E-state index contributed by atoms with van der Waals surface area (Å²) in [5.74, 6) is -0.695. The van der Waals surface area contributed by atoms with E-state index in [4.69, 9.17) is 0 Å². The average Bonchev–Trinajstić information content (AvgIpc) is 3.23. The van der Waals surface area contributed by atoms with Crippen LogP contribution in [0.4, 0.5) is 0 Å². The second-order valence-electron chi connectivity index (χ2n) is 7.97. The minimum atomic E-state index is -0.631. The van der Waals surface area contributed by atoms with E-state index in [0.717, 1.165) is 16.5 Å². The lowest BCUT2D eigenvalue weighted by molar-refractivity contribution is 0.0516. The van der Waals surface area contributed by atoms with Crippen LogP contribution in [0.15, 0.2) is 67.4 Å². The van der Waals surface area contributed by atoms with E-state index >= 15 is 0 Å². The molecule has 1 aliphatic rings. The predicted octanol–water partition coefficient (Wildman–Crippen LogP) is 3.76. The molecule has 1 aliphatic heterocycles. The Kier molecular flexibility index (Phi) is 4.63. The molecule has 5 heteroatoms. The number of imide groups is 1. The SMILES string of the molecule is C=CC(C)(C)n1cc(C[C@@H](CO)N2C(=O)c3ccccc3C2=O)c2ccccc21. The number of allylic oxidation sites excluding steroid dienone is 1. The molecule has 1 atom stereocenters. The smallest absolute Gasteiger partial charge is 0.261 e. The Morgan fingerprint density at radius 2 is 1.62 bits per heavy atom. The summed E-state index contributed by atoms with van der Waals surface area (Å²) in [4.78, 5) is 26.9. The molecule has 3 aromatic rings. The number of aromatic nitrogens is 1. The van der Waals surface area contributed by atoms with Crippen LogP contribution in [-0.4, -0.2) is 39.0 Å². The lowest BCUT2D eigenvalue weighted by atomic mass is 10.0. The number of aliphatic hydroxyl groups is 1. The molecule has 148 valence electrons. The molecule has 0 unspecified atom stereocenters. The van der Waals surface area contributed by atoms with Gasteiger partial charge in [-0.3, -0.25) is 14.5 Å². The number of benzene rings is 2. The van der Waals surface area contributed by atoms with Crippen molar-refractivity contribution in [2.75, 3.05) is 6.61 Å². The minimum absolute atomic E-state index is 0.296. The summed E-state index contributed by atoms with van der Waals surface area (Å²) < 4.78 is 2.14. The second-order valence-corrected chi connectivity index (χ2v) is 7.97. The molecule has 0 bridgehead atoms. The minimum Gasteiger partial charge on any atom is -0.394 e. The van der Waals surface area contributed by atoms with Crippen molar-refractivity contribution in [1.29, 1.82) is 0 Å². The van der Waals surface area contributed by atoms with Crippen LogP contribution >= 0.6 is 0 Å². The Morgan fingerprint density at radius 1 is 1.03 bits per heavy atom. The third-order valence-electron chi connectivity index (χ3n) is 5.77. The van der Waals surface area contributed by atoms with Gasteiger partial charge >= 0.3 is 0 Å². The molecule has 0 fully saturated rings. The maximum Gasteiger partial charge on any atom is 0.261 e. The highest BCUT2D eigenvalue weighted by molar-refractivity contribution is 6.21. The molecule has 2 aromatic carbocycles. The first-order valence-corrected chi connectivity index (χ1v) is 9.70. The van der Waals surface area contributed by atoms with Gasteiger partial charge in [-0.1, -0.05) is 36.4 Å². The number of aliphatic hydroxyl groups excluding tert-OH is 1. The van der Waals surface area contributed by atoms with Crippen molar-refractivity contribution in [3.63, 3.8) is 0 Å². The number of fused-ring (bicyclic) bond motifs is 2. The first kappa shape index (κ1) is 19.2. The van der Waals surface area contributed by atoms with E-state index in [0.29, 0.717) is 17.5 Å². The van der Waals surface area contributed by atoms with Crippen LogP contribution < -0.4 is 0 Å². The zero-order chi connectivity index (χ0) is 20.8. The number of carbonyl (C=O) groups excluding carboxylic acids is 2. The quantitative estimate of drug-likeness (QED) is 0.517. The van der Waals surface area contributed by atoms with Gasteiger partial charge in [-0.05, 0) is 44.0 Å². The van der Waals surface area contributed by atoms with E-state index in [1.54, 1.807) is 24.3 Å². The second kappa shape index (κ2) is 7.01. The lowest BCUT2D eigenvalue weighted by Crippen LogP contribution is -2.43. The van der Waals surface area contributed by atoms with Crippen molar-refractivity contribution in [3.8, 4) is 0 Å². The third-order valence-corrected chi connectivity index (χ3v) is 5.77. The first-order valence-electron chi connectivity index (χ1n) is 9.70. The fraction of sp³-hybridized carbons (Fsp3) is 0.250. The molecular weight excluding hydrogens is 364 g/mol. The van der Waals surface area contributed by atoms with Crippen molar-refractivity contribution in [1.82, 2.24) is 9.47 Å². The largest absolute Gasteiger partial charge is 0.394 e. The molecule has 2 heterocycles. The molecule has 0 aliphatic carbocycles. The fourth-order valence-electron chi connectivity index (χ4n) is 4.02.